The first kappa shape index (κ1) is 17.2. The summed E-state index contributed by atoms with van der Waals surface area (Å²) in [7, 11) is 3.05. The number of methoxy groups -OCH3 is 1. The van der Waals surface area contributed by atoms with Gasteiger partial charge in [-0.15, -0.1) is 0 Å². The van der Waals surface area contributed by atoms with E-state index in [1.54, 1.807) is 11.9 Å². The van der Waals surface area contributed by atoms with Gasteiger partial charge < -0.3 is 30.7 Å². The molecular formula is C13H18N6O5. The summed E-state index contributed by atoms with van der Waals surface area (Å²) in [6.07, 6.45) is 0. The van der Waals surface area contributed by atoms with Gasteiger partial charge in [-0.2, -0.15) is 4.98 Å². The molecule has 1 aromatic rings. The van der Waals surface area contributed by atoms with E-state index in [-0.39, 0.29) is 29.6 Å². The van der Waals surface area contributed by atoms with E-state index in [0.29, 0.717) is 25.6 Å². The van der Waals surface area contributed by atoms with Crippen molar-refractivity contribution in [1.29, 1.82) is 0 Å². The van der Waals surface area contributed by atoms with Crippen LogP contribution in [0.2, 0.25) is 0 Å². The van der Waals surface area contributed by atoms with Crippen LogP contribution in [0.5, 0.6) is 0 Å². The second-order valence-electron chi connectivity index (χ2n) is 5.37. The monoisotopic (exact) mass is 338 g/mol. The molecule has 2 fully saturated rings. The first-order chi connectivity index (χ1) is 11.4. The first-order valence-corrected chi connectivity index (χ1v) is 6.94. The minimum absolute atomic E-state index is 0.0848. The number of nitrogen functional groups attached to an aromatic ring is 1. The van der Waals surface area contributed by atoms with Crippen LogP contribution in [0.15, 0.2) is 6.07 Å². The Bertz CT molecular complexity index is 660. The van der Waals surface area contributed by atoms with E-state index < -0.39 is 5.97 Å². The van der Waals surface area contributed by atoms with Gasteiger partial charge in [-0.25, -0.2) is 14.6 Å². The summed E-state index contributed by atoms with van der Waals surface area (Å²) in [5, 5.41) is 9.69. The highest BCUT2D eigenvalue weighted by Gasteiger charge is 2.52. The van der Waals surface area contributed by atoms with Crippen molar-refractivity contribution in [2.45, 2.75) is 5.54 Å². The molecule has 1 aromatic heterocycles. The quantitative estimate of drug-likeness (QED) is 0.444. The molecule has 0 aliphatic carbocycles. The number of amides is 2. The van der Waals surface area contributed by atoms with Gasteiger partial charge in [0.25, 0.3) is 6.47 Å². The molecule has 2 aliphatic rings. The number of carboxylic acid groups (broad SMARTS) is 1. The van der Waals surface area contributed by atoms with Gasteiger partial charge in [0.1, 0.15) is 5.82 Å². The highest BCUT2D eigenvalue weighted by Crippen LogP contribution is 2.32. The molecule has 0 bridgehead atoms. The fraction of sp³-hybridized carbons (Fsp3) is 0.462. The van der Waals surface area contributed by atoms with Crippen LogP contribution >= 0.6 is 0 Å². The standard InChI is InChI=1S/C12H16N6O3.CH2O2/c1-17-11(20)14-4-12(17)5-18(6-12)10-15-7(9(19)21-2)3-8(13)16-10;2-1-3/h3H,4-6H2,1-2H3,(H,14,20)(H2,13,15,16);1H,(H,2,3). The number of nitrogens with zero attached hydrogens (tertiary/aromatic N) is 4. The summed E-state index contributed by atoms with van der Waals surface area (Å²) in [5.41, 5.74) is 5.58. The molecule has 4 N–H and O–H groups in total. The summed E-state index contributed by atoms with van der Waals surface area (Å²) in [4.78, 5) is 43.3. The first-order valence-electron chi connectivity index (χ1n) is 6.94. The van der Waals surface area contributed by atoms with Crippen molar-refractivity contribution in [3.8, 4) is 0 Å². The molecule has 0 saturated carbocycles. The Hall–Kier alpha value is -3.11. The Morgan fingerprint density at radius 2 is 2.12 bits per heavy atom. The maximum atomic E-state index is 11.5. The van der Waals surface area contributed by atoms with Crippen molar-refractivity contribution in [3.63, 3.8) is 0 Å². The molecule has 0 atom stereocenters. The average molecular weight is 338 g/mol. The van der Waals surface area contributed by atoms with Crippen molar-refractivity contribution >= 4 is 30.2 Å². The van der Waals surface area contributed by atoms with E-state index in [1.165, 1.54) is 13.2 Å². The highest BCUT2D eigenvalue weighted by atomic mass is 16.5. The van der Waals surface area contributed by atoms with Crippen LogP contribution in [-0.4, -0.2) is 77.8 Å². The van der Waals surface area contributed by atoms with E-state index in [2.05, 4.69) is 20.0 Å². The highest BCUT2D eigenvalue weighted by molar-refractivity contribution is 5.88. The molecule has 11 nitrogen and oxygen atoms in total. The second kappa shape index (κ2) is 6.56. The number of esters is 1. The van der Waals surface area contributed by atoms with Crippen LogP contribution in [0.1, 0.15) is 10.5 Å². The van der Waals surface area contributed by atoms with Crippen molar-refractivity contribution in [2.24, 2.45) is 0 Å². The summed E-state index contributed by atoms with van der Waals surface area (Å²) >= 11 is 0. The number of anilines is 2. The van der Waals surface area contributed by atoms with Crippen LogP contribution in [0.25, 0.3) is 0 Å². The Kier molecular flexibility index (Phi) is 4.71. The fourth-order valence-corrected chi connectivity index (χ4v) is 2.63. The third-order valence-electron chi connectivity index (χ3n) is 3.97. The molecule has 3 heterocycles. The third kappa shape index (κ3) is 3.00. The van der Waals surface area contributed by atoms with Crippen molar-refractivity contribution in [2.75, 3.05) is 44.4 Å². The van der Waals surface area contributed by atoms with Crippen molar-refractivity contribution in [3.05, 3.63) is 11.8 Å². The molecule has 2 aliphatic heterocycles. The summed E-state index contributed by atoms with van der Waals surface area (Å²) in [6, 6.07) is 1.29. The van der Waals surface area contributed by atoms with Gasteiger partial charge in [0.15, 0.2) is 5.69 Å². The number of carbonyl (C=O) groups is 3. The maximum Gasteiger partial charge on any atom is 0.356 e. The number of urea groups is 1. The number of aromatic nitrogens is 2. The number of likely N-dealkylation sites (N-methyl/N-ethyl adjacent to an activating group) is 1. The topological polar surface area (TPSA) is 151 Å². The number of carbonyl (C=O) groups excluding carboxylic acids is 2. The Morgan fingerprint density at radius 1 is 1.50 bits per heavy atom. The SMILES string of the molecule is COC(=O)c1cc(N)nc(N2CC3(CNC(=O)N3C)C2)n1.O=CO. The molecule has 0 aromatic carbocycles. The summed E-state index contributed by atoms with van der Waals surface area (Å²) in [5.74, 6) is 0.0134. The fourth-order valence-electron chi connectivity index (χ4n) is 2.63. The number of rotatable bonds is 2. The Balaban J connectivity index is 0.000000647. The van der Waals surface area contributed by atoms with E-state index in [0.717, 1.165) is 0 Å². The zero-order valence-electron chi connectivity index (χ0n) is 13.2. The number of nitrogens with one attached hydrogen (secondary N) is 1. The van der Waals surface area contributed by atoms with Crippen molar-refractivity contribution in [1.82, 2.24) is 20.2 Å². The number of hydrogen-bond acceptors (Lipinski definition) is 8. The molecule has 0 radical (unpaired) electrons. The van der Waals surface area contributed by atoms with E-state index in [1.807, 2.05) is 4.90 Å². The van der Waals surface area contributed by atoms with Crippen LogP contribution in [0.3, 0.4) is 0 Å². The van der Waals surface area contributed by atoms with Gasteiger partial charge in [0, 0.05) is 32.7 Å². The lowest BCUT2D eigenvalue weighted by molar-refractivity contribution is -0.122. The van der Waals surface area contributed by atoms with Crippen LogP contribution in [0.4, 0.5) is 16.6 Å². The van der Waals surface area contributed by atoms with Gasteiger partial charge in [-0.1, -0.05) is 0 Å². The normalized spacial score (nSPS) is 17.5. The average Bonchev–Trinajstić information content (AvgIpc) is 2.81. The van der Waals surface area contributed by atoms with Gasteiger partial charge >= 0.3 is 12.0 Å². The number of hydrogen-bond donors (Lipinski definition) is 3. The predicted octanol–water partition coefficient (Wildman–Crippen LogP) is -1.24. The minimum Gasteiger partial charge on any atom is -0.483 e. The zero-order valence-corrected chi connectivity index (χ0v) is 13.2. The molecule has 130 valence electrons. The molecule has 0 unspecified atom stereocenters. The van der Waals surface area contributed by atoms with E-state index >= 15 is 0 Å². The predicted molar refractivity (Wildman–Crippen MR) is 82.6 cm³/mol. The minimum atomic E-state index is -0.560. The third-order valence-corrected chi connectivity index (χ3v) is 3.97. The zero-order chi connectivity index (χ0) is 17.9. The lowest BCUT2D eigenvalue weighted by Gasteiger charge is -2.50. The number of nitrogens with two attached hydrogens (primary N) is 1. The Morgan fingerprint density at radius 3 is 2.62 bits per heavy atom. The Labute approximate surface area is 137 Å². The van der Waals surface area contributed by atoms with E-state index in [9.17, 15) is 9.59 Å². The van der Waals surface area contributed by atoms with Crippen LogP contribution < -0.4 is 16.0 Å². The molecular weight excluding hydrogens is 320 g/mol. The van der Waals surface area contributed by atoms with Crippen LogP contribution in [-0.2, 0) is 9.53 Å². The molecule has 24 heavy (non-hydrogen) atoms. The summed E-state index contributed by atoms with van der Waals surface area (Å²) < 4.78 is 4.64. The molecule has 11 heteroatoms. The van der Waals surface area contributed by atoms with Crippen molar-refractivity contribution < 1.29 is 24.2 Å². The molecule has 2 amide bonds. The second-order valence-corrected chi connectivity index (χ2v) is 5.37. The lowest BCUT2D eigenvalue weighted by atomic mass is 9.90. The van der Waals surface area contributed by atoms with Gasteiger partial charge in [0.2, 0.25) is 5.95 Å². The molecule has 2 saturated heterocycles. The van der Waals surface area contributed by atoms with Gasteiger partial charge in [-0.05, 0) is 0 Å². The summed E-state index contributed by atoms with van der Waals surface area (Å²) in [6.45, 7) is 1.52. The maximum absolute atomic E-state index is 11.5. The van der Waals surface area contributed by atoms with Gasteiger partial charge in [0.05, 0.1) is 12.6 Å². The van der Waals surface area contributed by atoms with E-state index in [4.69, 9.17) is 15.6 Å². The smallest absolute Gasteiger partial charge is 0.356 e. The van der Waals surface area contributed by atoms with Crippen LogP contribution in [0, 0.1) is 0 Å². The van der Waals surface area contributed by atoms with Gasteiger partial charge in [-0.3, -0.25) is 4.79 Å². The molecule has 1 spiro atoms. The lowest BCUT2D eigenvalue weighted by Crippen LogP contribution is -2.69. The number of ether oxygens (including phenoxy) is 1. The molecule has 3 rings (SSSR count). The largest absolute Gasteiger partial charge is 0.483 e.